The van der Waals surface area contributed by atoms with Crippen LogP contribution in [-0.4, -0.2) is 51.2 Å². The van der Waals surface area contributed by atoms with E-state index >= 15 is 0 Å². The molecule has 0 aliphatic carbocycles. The zero-order chi connectivity index (χ0) is 12.8. The van der Waals surface area contributed by atoms with Gasteiger partial charge >= 0.3 is 5.76 Å². The first-order valence-corrected chi connectivity index (χ1v) is 5.68. The largest absolute Gasteiger partial charge is 0.448 e. The third kappa shape index (κ3) is 1.43. The van der Waals surface area contributed by atoms with E-state index in [1.165, 1.54) is 4.40 Å². The molecule has 1 aliphatic heterocycles. The van der Waals surface area contributed by atoms with Gasteiger partial charge in [0.2, 0.25) is 16.9 Å². The van der Waals surface area contributed by atoms with Crippen molar-refractivity contribution in [1.29, 1.82) is 0 Å². The van der Waals surface area contributed by atoms with Crippen LogP contribution >= 0.6 is 0 Å². The number of nitrogens with zero attached hydrogens (tertiary/aromatic N) is 6. The number of morpholine rings is 1. The molecule has 0 aromatic carbocycles. The zero-order valence-electron chi connectivity index (χ0n) is 9.64. The normalized spacial score (nSPS) is 16.5. The van der Waals surface area contributed by atoms with Crippen LogP contribution in [0, 0.1) is 0 Å². The van der Waals surface area contributed by atoms with E-state index in [1.54, 1.807) is 0 Å². The molecule has 3 aromatic heterocycles. The Morgan fingerprint density at radius 3 is 2.74 bits per heavy atom. The summed E-state index contributed by atoms with van der Waals surface area (Å²) in [7, 11) is 0. The fourth-order valence-electron chi connectivity index (χ4n) is 2.11. The molecule has 1 aliphatic rings. The Balaban J connectivity index is 2.04. The second-order valence-corrected chi connectivity index (χ2v) is 4.05. The maximum atomic E-state index is 11.7. The molecule has 0 amide bonds. The molecule has 0 unspecified atom stereocenters. The number of aromatic nitrogens is 5. The van der Waals surface area contributed by atoms with Crippen LogP contribution in [0.5, 0.6) is 0 Å². The highest BCUT2D eigenvalue weighted by Crippen LogP contribution is 2.21. The van der Waals surface area contributed by atoms with E-state index < -0.39 is 5.76 Å². The highest BCUT2D eigenvalue weighted by molar-refractivity contribution is 5.76. The van der Waals surface area contributed by atoms with Crippen molar-refractivity contribution in [3.63, 3.8) is 0 Å². The van der Waals surface area contributed by atoms with Crippen LogP contribution in [0.25, 0.3) is 16.9 Å². The molecule has 19 heavy (non-hydrogen) atoms. The van der Waals surface area contributed by atoms with Crippen molar-refractivity contribution in [2.24, 2.45) is 0 Å². The Kier molecular flexibility index (Phi) is 2.06. The molecule has 1 fully saturated rings. The van der Waals surface area contributed by atoms with Crippen molar-refractivity contribution in [3.8, 4) is 0 Å². The topological polar surface area (TPSA) is 112 Å². The Morgan fingerprint density at radius 1 is 1.05 bits per heavy atom. The van der Waals surface area contributed by atoms with Gasteiger partial charge in [-0.3, -0.25) is 4.52 Å². The lowest BCUT2D eigenvalue weighted by atomic mass is 10.4. The van der Waals surface area contributed by atoms with Crippen molar-refractivity contribution in [3.05, 3.63) is 10.6 Å². The maximum Gasteiger partial charge on any atom is 0.448 e. The highest BCUT2D eigenvalue weighted by atomic mass is 16.6. The Bertz CT molecular complexity index is 798. The molecule has 10 heteroatoms. The quantitative estimate of drug-likeness (QED) is 0.549. The molecule has 10 nitrogen and oxygen atoms in total. The van der Waals surface area contributed by atoms with Gasteiger partial charge in [0.15, 0.2) is 5.82 Å². The SMILES string of the molecule is O=c1onc2c(N3CCOCC3)nc3nonc3n12. The number of hydrogen-bond donors (Lipinski definition) is 0. The summed E-state index contributed by atoms with van der Waals surface area (Å²) in [6, 6.07) is 0. The van der Waals surface area contributed by atoms with Gasteiger partial charge in [0.05, 0.1) is 13.2 Å². The molecule has 0 radical (unpaired) electrons. The lowest BCUT2D eigenvalue weighted by Gasteiger charge is -2.27. The predicted molar refractivity (Wildman–Crippen MR) is 59.9 cm³/mol. The van der Waals surface area contributed by atoms with Gasteiger partial charge in [0.25, 0.3) is 0 Å². The van der Waals surface area contributed by atoms with Crippen molar-refractivity contribution in [2.45, 2.75) is 0 Å². The minimum absolute atomic E-state index is 0.193. The molecule has 0 N–H and O–H groups in total. The van der Waals surface area contributed by atoms with E-state index in [1.807, 2.05) is 4.90 Å². The van der Waals surface area contributed by atoms with Gasteiger partial charge in [0.1, 0.15) is 0 Å². The van der Waals surface area contributed by atoms with Crippen molar-refractivity contribution < 1.29 is 13.9 Å². The number of fused-ring (bicyclic) bond motifs is 3. The van der Waals surface area contributed by atoms with Gasteiger partial charge in [-0.1, -0.05) is 5.16 Å². The summed E-state index contributed by atoms with van der Waals surface area (Å²) in [5.74, 6) is -0.134. The van der Waals surface area contributed by atoms with Crippen molar-refractivity contribution >= 4 is 22.8 Å². The minimum atomic E-state index is -0.646. The van der Waals surface area contributed by atoms with Crippen LogP contribution in [-0.2, 0) is 4.74 Å². The lowest BCUT2D eigenvalue weighted by Crippen LogP contribution is -2.37. The molecule has 3 aromatic rings. The van der Waals surface area contributed by atoms with Crippen LogP contribution in [0.2, 0.25) is 0 Å². The van der Waals surface area contributed by atoms with Crippen LogP contribution < -0.4 is 10.7 Å². The smallest absolute Gasteiger partial charge is 0.378 e. The third-order valence-electron chi connectivity index (χ3n) is 2.99. The molecule has 0 spiro atoms. The second-order valence-electron chi connectivity index (χ2n) is 4.05. The third-order valence-corrected chi connectivity index (χ3v) is 2.99. The number of hydrogen-bond acceptors (Lipinski definition) is 9. The first-order valence-electron chi connectivity index (χ1n) is 5.68. The molecular formula is C9H8N6O4. The molecule has 0 atom stereocenters. The number of ether oxygens (including phenoxy) is 1. The van der Waals surface area contributed by atoms with E-state index in [4.69, 9.17) is 4.74 Å². The number of anilines is 1. The zero-order valence-corrected chi connectivity index (χ0v) is 9.64. The molecule has 4 rings (SSSR count). The summed E-state index contributed by atoms with van der Waals surface area (Å²) >= 11 is 0. The van der Waals surface area contributed by atoms with Gasteiger partial charge in [-0.2, -0.15) is 4.40 Å². The summed E-state index contributed by atoms with van der Waals surface area (Å²) in [4.78, 5) is 18.0. The van der Waals surface area contributed by atoms with Crippen LogP contribution in [0.1, 0.15) is 0 Å². The Morgan fingerprint density at radius 2 is 1.89 bits per heavy atom. The van der Waals surface area contributed by atoms with E-state index in [2.05, 4.69) is 29.6 Å². The standard InChI is InChI=1S/C9H8N6O4/c16-9-15-6-5(11-19-13-6)10-7(8(15)12-18-9)14-1-3-17-4-2-14/h1-4H2. The van der Waals surface area contributed by atoms with Gasteiger partial charge < -0.3 is 9.64 Å². The van der Waals surface area contributed by atoms with Crippen LogP contribution in [0.3, 0.4) is 0 Å². The highest BCUT2D eigenvalue weighted by Gasteiger charge is 2.23. The monoisotopic (exact) mass is 264 g/mol. The number of rotatable bonds is 1. The lowest BCUT2D eigenvalue weighted by molar-refractivity contribution is 0.122. The summed E-state index contributed by atoms with van der Waals surface area (Å²) in [6.07, 6.45) is 0. The average molecular weight is 264 g/mol. The van der Waals surface area contributed by atoms with E-state index in [0.29, 0.717) is 37.8 Å². The van der Waals surface area contributed by atoms with Crippen LogP contribution in [0.4, 0.5) is 5.82 Å². The Hall–Kier alpha value is -2.49. The van der Waals surface area contributed by atoms with Gasteiger partial charge in [0, 0.05) is 13.1 Å². The second kappa shape index (κ2) is 3.75. The first-order chi connectivity index (χ1) is 9.34. The van der Waals surface area contributed by atoms with Gasteiger partial charge in [-0.25, -0.2) is 14.4 Å². The maximum absolute atomic E-state index is 11.7. The summed E-state index contributed by atoms with van der Waals surface area (Å²) in [5.41, 5.74) is 0.729. The summed E-state index contributed by atoms with van der Waals surface area (Å²) in [5, 5.41) is 11.0. The molecule has 4 heterocycles. The predicted octanol–water partition coefficient (Wildman–Crippen LogP) is -0.945. The van der Waals surface area contributed by atoms with Crippen molar-refractivity contribution in [2.75, 3.05) is 31.2 Å². The van der Waals surface area contributed by atoms with Gasteiger partial charge in [-0.15, -0.1) is 0 Å². The first kappa shape index (κ1) is 10.4. The van der Waals surface area contributed by atoms with Crippen molar-refractivity contribution in [1.82, 2.24) is 24.9 Å². The van der Waals surface area contributed by atoms with E-state index in [-0.39, 0.29) is 11.3 Å². The molecule has 98 valence electrons. The van der Waals surface area contributed by atoms with Crippen LogP contribution in [0.15, 0.2) is 13.9 Å². The molecule has 1 saturated heterocycles. The summed E-state index contributed by atoms with van der Waals surface area (Å²) in [6.45, 7) is 2.48. The fraction of sp³-hybridized carbons (Fsp3) is 0.444. The molecule has 0 saturated carbocycles. The van der Waals surface area contributed by atoms with E-state index in [9.17, 15) is 4.79 Å². The molecule has 0 bridgehead atoms. The fourth-order valence-corrected chi connectivity index (χ4v) is 2.11. The molecular weight excluding hydrogens is 256 g/mol. The summed E-state index contributed by atoms with van der Waals surface area (Å²) < 4.78 is 15.8. The van der Waals surface area contributed by atoms with Gasteiger partial charge in [-0.05, 0) is 10.3 Å². The Labute approximate surface area is 104 Å². The van der Waals surface area contributed by atoms with E-state index in [0.717, 1.165) is 0 Å². The average Bonchev–Trinajstić information content (AvgIpc) is 3.05. The minimum Gasteiger partial charge on any atom is -0.378 e.